The molecule has 3 N–H and O–H groups in total. The van der Waals surface area contributed by atoms with Gasteiger partial charge in [-0.2, -0.15) is 5.26 Å². The van der Waals surface area contributed by atoms with E-state index in [1.165, 1.54) is 0 Å². The molecule has 1 aliphatic rings. The summed E-state index contributed by atoms with van der Waals surface area (Å²) in [7, 11) is 0. The summed E-state index contributed by atoms with van der Waals surface area (Å²) in [4.78, 5) is 8.87. The summed E-state index contributed by atoms with van der Waals surface area (Å²) in [6, 6.07) is 7.19. The highest BCUT2D eigenvalue weighted by Gasteiger charge is 2.28. The molecule has 0 bridgehead atoms. The molecule has 0 saturated heterocycles. The maximum atomic E-state index is 9.17. The average Bonchev–Trinajstić information content (AvgIpc) is 3.28. The number of aromatic nitrogens is 2. The van der Waals surface area contributed by atoms with Gasteiger partial charge in [-0.25, -0.2) is 9.97 Å². The molecule has 0 aliphatic heterocycles. The molecule has 2 aromatic rings. The molecule has 5 nitrogen and oxygen atoms in total. The van der Waals surface area contributed by atoms with Crippen LogP contribution >= 0.6 is 11.6 Å². The zero-order chi connectivity index (χ0) is 15.0. The van der Waals surface area contributed by atoms with Crippen molar-refractivity contribution in [2.45, 2.75) is 25.7 Å². The third kappa shape index (κ3) is 2.76. The molecule has 1 aromatic heterocycles. The van der Waals surface area contributed by atoms with Gasteiger partial charge < -0.3 is 11.1 Å². The fourth-order valence-corrected chi connectivity index (χ4v) is 2.21. The molecule has 106 valence electrons. The van der Waals surface area contributed by atoms with E-state index in [0.717, 1.165) is 24.2 Å². The molecule has 0 spiro atoms. The van der Waals surface area contributed by atoms with Crippen LogP contribution in [-0.4, -0.2) is 9.97 Å². The van der Waals surface area contributed by atoms with Crippen LogP contribution in [0.3, 0.4) is 0 Å². The van der Waals surface area contributed by atoms with Gasteiger partial charge in [-0.15, -0.1) is 0 Å². The molecule has 21 heavy (non-hydrogen) atoms. The Bertz CT molecular complexity index is 746. The predicted octanol–water partition coefficient (Wildman–Crippen LogP) is 3.51. The molecule has 0 atom stereocenters. The molecule has 1 aliphatic carbocycles. The summed E-state index contributed by atoms with van der Waals surface area (Å²) in [6.07, 6.45) is 2.20. The third-order valence-electron chi connectivity index (χ3n) is 3.50. The summed E-state index contributed by atoms with van der Waals surface area (Å²) in [5, 5.41) is 12.9. The minimum absolute atomic E-state index is 0.406. The van der Waals surface area contributed by atoms with Crippen LogP contribution in [0, 0.1) is 18.3 Å². The van der Waals surface area contributed by atoms with Gasteiger partial charge in [0.1, 0.15) is 23.5 Å². The predicted molar refractivity (Wildman–Crippen MR) is 82.6 cm³/mol. The van der Waals surface area contributed by atoms with Crippen LogP contribution in [0.4, 0.5) is 17.3 Å². The lowest BCUT2D eigenvalue weighted by atomic mass is 10.2. The second-order valence-corrected chi connectivity index (χ2v) is 5.58. The average molecular weight is 300 g/mol. The van der Waals surface area contributed by atoms with Crippen molar-refractivity contribution in [2.24, 2.45) is 0 Å². The van der Waals surface area contributed by atoms with Gasteiger partial charge in [0, 0.05) is 16.5 Å². The van der Waals surface area contributed by atoms with Crippen LogP contribution in [0.5, 0.6) is 0 Å². The molecule has 1 saturated carbocycles. The van der Waals surface area contributed by atoms with Gasteiger partial charge in [-0.1, -0.05) is 11.6 Å². The second-order valence-electron chi connectivity index (χ2n) is 5.14. The first-order chi connectivity index (χ1) is 10.1. The summed E-state index contributed by atoms with van der Waals surface area (Å²) < 4.78 is 0. The van der Waals surface area contributed by atoms with Crippen LogP contribution in [-0.2, 0) is 0 Å². The Balaban J connectivity index is 2.02. The highest BCUT2D eigenvalue weighted by Crippen LogP contribution is 2.39. The largest absolute Gasteiger partial charge is 0.383 e. The molecular formula is C15H14ClN5. The SMILES string of the molecule is Cc1c(N)nc(C2CC2)nc1Nc1cc(Cl)ccc1C#N. The highest BCUT2D eigenvalue weighted by molar-refractivity contribution is 6.30. The summed E-state index contributed by atoms with van der Waals surface area (Å²) >= 11 is 6.00. The van der Waals surface area contributed by atoms with E-state index in [1.54, 1.807) is 18.2 Å². The van der Waals surface area contributed by atoms with E-state index in [2.05, 4.69) is 21.4 Å². The Hall–Kier alpha value is -2.32. The van der Waals surface area contributed by atoms with Gasteiger partial charge in [0.15, 0.2) is 0 Å². The number of nitriles is 1. The maximum Gasteiger partial charge on any atom is 0.139 e. The van der Waals surface area contributed by atoms with Gasteiger partial charge >= 0.3 is 0 Å². The van der Waals surface area contributed by atoms with Gasteiger partial charge in [-0.05, 0) is 38.0 Å². The van der Waals surface area contributed by atoms with E-state index >= 15 is 0 Å². The van der Waals surface area contributed by atoms with Gasteiger partial charge in [0.05, 0.1) is 11.3 Å². The van der Waals surface area contributed by atoms with Crippen molar-refractivity contribution >= 4 is 28.9 Å². The zero-order valence-corrected chi connectivity index (χ0v) is 12.3. The zero-order valence-electron chi connectivity index (χ0n) is 11.5. The molecule has 0 unspecified atom stereocenters. The van der Waals surface area contributed by atoms with Crippen molar-refractivity contribution in [1.82, 2.24) is 9.97 Å². The lowest BCUT2D eigenvalue weighted by molar-refractivity contribution is 0.928. The third-order valence-corrected chi connectivity index (χ3v) is 3.73. The lowest BCUT2D eigenvalue weighted by Gasteiger charge is -2.13. The number of nitrogens with two attached hydrogens (primary N) is 1. The highest BCUT2D eigenvalue weighted by atomic mass is 35.5. The van der Waals surface area contributed by atoms with Crippen LogP contribution in [0.1, 0.15) is 35.7 Å². The van der Waals surface area contributed by atoms with Crippen molar-refractivity contribution in [3.8, 4) is 6.07 Å². The summed E-state index contributed by atoms with van der Waals surface area (Å²) in [5.41, 5.74) is 7.85. The number of anilines is 3. The Labute approximate surface area is 127 Å². The smallest absolute Gasteiger partial charge is 0.139 e. The van der Waals surface area contributed by atoms with E-state index in [0.29, 0.717) is 33.8 Å². The lowest BCUT2D eigenvalue weighted by Crippen LogP contribution is -2.07. The number of halogens is 1. The van der Waals surface area contributed by atoms with Gasteiger partial charge in [-0.3, -0.25) is 0 Å². The maximum absolute atomic E-state index is 9.17. The van der Waals surface area contributed by atoms with Crippen molar-refractivity contribution in [1.29, 1.82) is 5.26 Å². The first kappa shape index (κ1) is 13.7. The quantitative estimate of drug-likeness (QED) is 0.905. The Morgan fingerprint density at radius 2 is 2.14 bits per heavy atom. The van der Waals surface area contributed by atoms with Gasteiger partial charge in [0.25, 0.3) is 0 Å². The number of rotatable bonds is 3. The van der Waals surface area contributed by atoms with Crippen LogP contribution in [0.15, 0.2) is 18.2 Å². The first-order valence-corrected chi connectivity index (χ1v) is 7.07. The molecule has 1 aromatic carbocycles. The number of hydrogen-bond acceptors (Lipinski definition) is 5. The minimum Gasteiger partial charge on any atom is -0.383 e. The number of nitrogen functional groups attached to an aromatic ring is 1. The molecule has 3 rings (SSSR count). The molecule has 0 radical (unpaired) electrons. The molecule has 1 heterocycles. The molecule has 6 heteroatoms. The van der Waals surface area contributed by atoms with E-state index in [4.69, 9.17) is 17.3 Å². The van der Waals surface area contributed by atoms with Crippen LogP contribution in [0.25, 0.3) is 0 Å². The topological polar surface area (TPSA) is 87.6 Å². The summed E-state index contributed by atoms with van der Waals surface area (Å²) in [6.45, 7) is 1.85. The fraction of sp³-hybridized carbons (Fsp3) is 0.267. The fourth-order valence-electron chi connectivity index (χ4n) is 2.04. The number of nitrogens with zero attached hydrogens (tertiary/aromatic N) is 3. The Morgan fingerprint density at radius 1 is 1.38 bits per heavy atom. The second kappa shape index (κ2) is 5.23. The molecular weight excluding hydrogens is 286 g/mol. The minimum atomic E-state index is 0.406. The van der Waals surface area contributed by atoms with E-state index in [9.17, 15) is 5.26 Å². The Kier molecular flexibility index (Phi) is 3.40. The van der Waals surface area contributed by atoms with E-state index < -0.39 is 0 Å². The normalized spacial score (nSPS) is 13.8. The standard InChI is InChI=1S/C15H14ClN5/c1-8-13(18)20-15(9-2-3-9)21-14(8)19-12-6-11(16)5-4-10(12)7-17/h4-6,9H,2-3H2,1H3,(H3,18,19,20,21). The van der Waals surface area contributed by atoms with Crippen LogP contribution < -0.4 is 11.1 Å². The molecule has 1 fully saturated rings. The number of hydrogen-bond donors (Lipinski definition) is 2. The van der Waals surface area contributed by atoms with E-state index in [-0.39, 0.29) is 0 Å². The van der Waals surface area contributed by atoms with Gasteiger partial charge in [0.2, 0.25) is 0 Å². The van der Waals surface area contributed by atoms with E-state index in [1.807, 2.05) is 6.92 Å². The van der Waals surface area contributed by atoms with Crippen molar-refractivity contribution < 1.29 is 0 Å². The van der Waals surface area contributed by atoms with Crippen molar-refractivity contribution in [3.05, 3.63) is 40.2 Å². The molecule has 0 amide bonds. The van der Waals surface area contributed by atoms with Crippen molar-refractivity contribution in [2.75, 3.05) is 11.1 Å². The number of nitrogens with one attached hydrogen (secondary N) is 1. The van der Waals surface area contributed by atoms with Crippen LogP contribution in [0.2, 0.25) is 5.02 Å². The Morgan fingerprint density at radius 3 is 2.81 bits per heavy atom. The number of benzene rings is 1. The van der Waals surface area contributed by atoms with Crippen molar-refractivity contribution in [3.63, 3.8) is 0 Å². The summed E-state index contributed by atoms with van der Waals surface area (Å²) in [5.74, 6) is 2.27. The monoisotopic (exact) mass is 299 g/mol. The first-order valence-electron chi connectivity index (χ1n) is 6.69.